The van der Waals surface area contributed by atoms with E-state index in [-0.39, 0.29) is 5.56 Å². The lowest BCUT2D eigenvalue weighted by Crippen LogP contribution is -2.32. The molecule has 1 N–H and O–H groups in total. The van der Waals surface area contributed by atoms with Gasteiger partial charge in [0.1, 0.15) is 11.2 Å². The minimum Gasteiger partial charge on any atom is -0.383 e. The molecule has 0 unspecified atom stereocenters. The van der Waals surface area contributed by atoms with Crippen molar-refractivity contribution in [2.75, 3.05) is 0 Å². The van der Waals surface area contributed by atoms with E-state index in [4.69, 9.17) is 0 Å². The molecule has 0 saturated heterocycles. The molecule has 0 bridgehead atoms. The van der Waals surface area contributed by atoms with Gasteiger partial charge in [0, 0.05) is 12.5 Å². The zero-order chi connectivity index (χ0) is 15.7. The third kappa shape index (κ3) is 3.77. The van der Waals surface area contributed by atoms with E-state index in [0.717, 1.165) is 6.07 Å². The number of aliphatic hydroxyl groups is 1. The Morgan fingerprint density at radius 2 is 1.90 bits per heavy atom. The number of alkyl halides is 3. The van der Waals surface area contributed by atoms with Crippen molar-refractivity contribution in [3.05, 3.63) is 39.4 Å². The summed E-state index contributed by atoms with van der Waals surface area (Å²) in [4.78, 5) is 21.0. The van der Waals surface area contributed by atoms with Crippen LogP contribution in [0.2, 0.25) is 0 Å². The summed E-state index contributed by atoms with van der Waals surface area (Å²) >= 11 is 0. The average Bonchev–Trinajstić information content (AvgIpc) is 2.26. The molecule has 0 aliphatic rings. The molecule has 0 saturated carbocycles. The number of halogens is 3. The van der Waals surface area contributed by atoms with E-state index >= 15 is 0 Å². The number of nitro groups is 1. The predicted molar refractivity (Wildman–Crippen MR) is 63.1 cm³/mol. The van der Waals surface area contributed by atoms with Crippen molar-refractivity contribution in [2.24, 2.45) is 0 Å². The van der Waals surface area contributed by atoms with Crippen LogP contribution in [0.25, 0.3) is 0 Å². The van der Waals surface area contributed by atoms with Crippen molar-refractivity contribution in [2.45, 2.75) is 32.0 Å². The first-order valence-electron chi connectivity index (χ1n) is 5.53. The van der Waals surface area contributed by atoms with Gasteiger partial charge in [-0.05, 0) is 25.5 Å². The van der Waals surface area contributed by atoms with E-state index in [2.05, 4.69) is 0 Å². The Balaban J connectivity index is 3.21. The normalized spacial score (nSPS) is 12.3. The van der Waals surface area contributed by atoms with Gasteiger partial charge in [-0.25, -0.2) is 0 Å². The number of rotatable bonds is 4. The summed E-state index contributed by atoms with van der Waals surface area (Å²) in [5, 5.41) is 20.0. The molecule has 0 atom stereocenters. The molecule has 8 heteroatoms. The van der Waals surface area contributed by atoms with Gasteiger partial charge in [-0.3, -0.25) is 14.9 Å². The Labute approximate surface area is 112 Å². The molecule has 0 aliphatic heterocycles. The molecular weight excluding hydrogens is 279 g/mol. The highest BCUT2D eigenvalue weighted by atomic mass is 19.4. The van der Waals surface area contributed by atoms with E-state index in [1.165, 1.54) is 13.8 Å². The minimum absolute atomic E-state index is 0.0462. The van der Waals surface area contributed by atoms with Gasteiger partial charge >= 0.3 is 6.18 Å². The van der Waals surface area contributed by atoms with Crippen LogP contribution < -0.4 is 0 Å². The zero-order valence-electron chi connectivity index (χ0n) is 10.7. The fourth-order valence-electron chi connectivity index (χ4n) is 1.48. The van der Waals surface area contributed by atoms with Crippen molar-refractivity contribution in [1.29, 1.82) is 0 Å². The van der Waals surface area contributed by atoms with E-state index in [1.54, 1.807) is 0 Å². The van der Waals surface area contributed by atoms with Gasteiger partial charge in [0.25, 0.3) is 5.69 Å². The Hall–Kier alpha value is -1.96. The summed E-state index contributed by atoms with van der Waals surface area (Å²) in [6, 6.07) is 2.33. The Kier molecular flexibility index (Phi) is 4.18. The molecule has 0 amide bonds. The quantitative estimate of drug-likeness (QED) is 0.682. The molecule has 0 aromatic heterocycles. The molecule has 0 radical (unpaired) electrons. The van der Waals surface area contributed by atoms with Crippen molar-refractivity contribution >= 4 is 11.5 Å². The molecule has 5 nitrogen and oxygen atoms in total. The maximum atomic E-state index is 12.7. The van der Waals surface area contributed by atoms with Crippen LogP contribution in [-0.4, -0.2) is 21.4 Å². The number of nitro benzene ring substituents is 1. The topological polar surface area (TPSA) is 80.4 Å². The summed E-state index contributed by atoms with van der Waals surface area (Å²) in [5.41, 5.74) is -4.21. The first kappa shape index (κ1) is 16.1. The van der Waals surface area contributed by atoms with Gasteiger partial charge < -0.3 is 5.11 Å². The molecule has 1 rings (SSSR count). The Bertz CT molecular complexity index is 547. The first-order valence-corrected chi connectivity index (χ1v) is 5.53. The van der Waals surface area contributed by atoms with Crippen LogP contribution in [0.1, 0.15) is 25.0 Å². The molecule has 1 aromatic rings. The largest absolute Gasteiger partial charge is 0.423 e. The van der Waals surface area contributed by atoms with Crippen LogP contribution in [-0.2, 0) is 17.4 Å². The van der Waals surface area contributed by atoms with Crippen molar-refractivity contribution in [1.82, 2.24) is 0 Å². The maximum Gasteiger partial charge on any atom is 0.423 e. The highest BCUT2D eigenvalue weighted by Gasteiger charge is 2.38. The van der Waals surface area contributed by atoms with Crippen LogP contribution in [0.4, 0.5) is 18.9 Å². The summed E-state index contributed by atoms with van der Waals surface area (Å²) < 4.78 is 38.2. The third-order valence-corrected chi connectivity index (χ3v) is 2.61. The van der Waals surface area contributed by atoms with E-state index in [1.807, 2.05) is 0 Å². The molecule has 0 heterocycles. The van der Waals surface area contributed by atoms with Gasteiger partial charge in [-0.1, -0.05) is 6.07 Å². The summed E-state index contributed by atoms with van der Waals surface area (Å²) in [6.45, 7) is 2.43. The van der Waals surface area contributed by atoms with Crippen molar-refractivity contribution < 1.29 is 28.0 Å². The van der Waals surface area contributed by atoms with Gasteiger partial charge in [-0.15, -0.1) is 0 Å². The maximum absolute atomic E-state index is 12.7. The number of hydrogen-bond donors (Lipinski definition) is 1. The standard InChI is InChI=1S/C12H12F3NO4/c1-11(2,18)10(17)6-7-3-4-9(16(19)20)8(5-7)12(13,14)15/h3-5,18H,6H2,1-2H3. The predicted octanol–water partition coefficient (Wildman–Crippen LogP) is 2.50. The van der Waals surface area contributed by atoms with E-state index in [0.29, 0.717) is 12.1 Å². The highest BCUT2D eigenvalue weighted by Crippen LogP contribution is 2.36. The smallest absolute Gasteiger partial charge is 0.383 e. The molecule has 110 valence electrons. The lowest BCUT2D eigenvalue weighted by molar-refractivity contribution is -0.388. The van der Waals surface area contributed by atoms with Crippen molar-refractivity contribution in [3.63, 3.8) is 0 Å². The number of nitrogens with zero attached hydrogens (tertiary/aromatic N) is 1. The molecular formula is C12H12F3NO4. The number of Topliss-reactive ketones (excluding diaryl/α,β-unsaturated/α-hetero) is 1. The van der Waals surface area contributed by atoms with Crippen LogP contribution >= 0.6 is 0 Å². The second kappa shape index (κ2) is 5.20. The molecule has 20 heavy (non-hydrogen) atoms. The number of hydrogen-bond acceptors (Lipinski definition) is 4. The number of carbonyl (C=O) groups is 1. The lowest BCUT2D eigenvalue weighted by atomic mass is 9.96. The van der Waals surface area contributed by atoms with E-state index < -0.39 is 40.2 Å². The van der Waals surface area contributed by atoms with Crippen LogP contribution in [0.15, 0.2) is 18.2 Å². The molecule has 1 aromatic carbocycles. The van der Waals surface area contributed by atoms with Gasteiger partial charge in [0.15, 0.2) is 5.78 Å². The Morgan fingerprint density at radius 3 is 2.30 bits per heavy atom. The summed E-state index contributed by atoms with van der Waals surface area (Å²) in [6.07, 6.45) is -5.33. The SMILES string of the molecule is CC(C)(O)C(=O)Cc1ccc([N+](=O)[O-])c(C(F)(F)F)c1. The van der Waals surface area contributed by atoms with Crippen LogP contribution in [0.3, 0.4) is 0 Å². The summed E-state index contributed by atoms with van der Waals surface area (Å²) in [7, 11) is 0. The fraction of sp³-hybridized carbons (Fsp3) is 0.417. The molecule has 0 aliphatic carbocycles. The van der Waals surface area contributed by atoms with Crippen molar-refractivity contribution in [3.8, 4) is 0 Å². The number of carbonyl (C=O) groups excluding carboxylic acids is 1. The monoisotopic (exact) mass is 291 g/mol. The highest BCUT2D eigenvalue weighted by molar-refractivity contribution is 5.88. The summed E-state index contributed by atoms with van der Waals surface area (Å²) in [5.74, 6) is -0.681. The van der Waals surface area contributed by atoms with E-state index in [9.17, 15) is 33.2 Å². The zero-order valence-corrected chi connectivity index (χ0v) is 10.7. The second-order valence-electron chi connectivity index (χ2n) is 4.77. The average molecular weight is 291 g/mol. The first-order chi connectivity index (χ1) is 8.93. The minimum atomic E-state index is -4.89. The van der Waals surface area contributed by atoms with Gasteiger partial charge in [0.2, 0.25) is 0 Å². The Morgan fingerprint density at radius 1 is 1.35 bits per heavy atom. The number of ketones is 1. The molecule has 0 fully saturated rings. The lowest BCUT2D eigenvalue weighted by Gasteiger charge is -2.16. The van der Waals surface area contributed by atoms with Crippen LogP contribution in [0.5, 0.6) is 0 Å². The van der Waals surface area contributed by atoms with Crippen LogP contribution in [0, 0.1) is 10.1 Å². The molecule has 0 spiro atoms. The fourth-order valence-corrected chi connectivity index (χ4v) is 1.48. The number of benzene rings is 1. The third-order valence-electron chi connectivity index (χ3n) is 2.61. The van der Waals surface area contributed by atoms with Gasteiger partial charge in [-0.2, -0.15) is 13.2 Å². The second-order valence-corrected chi connectivity index (χ2v) is 4.77. The van der Waals surface area contributed by atoms with Gasteiger partial charge in [0.05, 0.1) is 4.92 Å².